The van der Waals surface area contributed by atoms with E-state index in [1.807, 2.05) is 6.07 Å². The third-order valence-electron chi connectivity index (χ3n) is 2.08. The van der Waals surface area contributed by atoms with E-state index in [2.05, 4.69) is 0 Å². The second-order valence-corrected chi connectivity index (χ2v) is 3.72. The first kappa shape index (κ1) is 14.4. The van der Waals surface area contributed by atoms with Crippen LogP contribution in [-0.4, -0.2) is 36.0 Å². The maximum Gasteiger partial charge on any atom is 0.325 e. The standard InChI is InChI=1S/C11H18N2O3/c1-5-16-10(14)7-13(8(2)3)11(15)9(4)6-12/h8-9H,5,7H2,1-4H3. The van der Waals surface area contributed by atoms with Crippen LogP contribution in [0.5, 0.6) is 0 Å². The van der Waals surface area contributed by atoms with E-state index in [-0.39, 0.29) is 25.1 Å². The molecule has 0 heterocycles. The average molecular weight is 226 g/mol. The molecule has 90 valence electrons. The normalized spacial score (nSPS) is 11.8. The summed E-state index contributed by atoms with van der Waals surface area (Å²) in [7, 11) is 0. The van der Waals surface area contributed by atoms with E-state index in [0.29, 0.717) is 0 Å². The summed E-state index contributed by atoms with van der Waals surface area (Å²) in [5, 5.41) is 8.66. The van der Waals surface area contributed by atoms with Gasteiger partial charge in [0, 0.05) is 6.04 Å². The molecule has 5 heteroatoms. The van der Waals surface area contributed by atoms with Gasteiger partial charge in [-0.2, -0.15) is 5.26 Å². The van der Waals surface area contributed by atoms with Crippen molar-refractivity contribution in [3.05, 3.63) is 0 Å². The van der Waals surface area contributed by atoms with Crippen LogP contribution in [0.25, 0.3) is 0 Å². The van der Waals surface area contributed by atoms with Crippen molar-refractivity contribution in [2.75, 3.05) is 13.2 Å². The Morgan fingerprint density at radius 1 is 1.38 bits per heavy atom. The van der Waals surface area contributed by atoms with Crippen molar-refractivity contribution in [3.63, 3.8) is 0 Å². The van der Waals surface area contributed by atoms with Gasteiger partial charge < -0.3 is 9.64 Å². The van der Waals surface area contributed by atoms with Crippen molar-refractivity contribution in [2.45, 2.75) is 33.7 Å². The minimum atomic E-state index is -0.739. The molecule has 0 saturated heterocycles. The zero-order chi connectivity index (χ0) is 12.7. The molecule has 0 aromatic carbocycles. The number of carbonyl (C=O) groups excluding carboxylic acids is 2. The van der Waals surface area contributed by atoms with Crippen LogP contribution in [0.2, 0.25) is 0 Å². The second-order valence-electron chi connectivity index (χ2n) is 3.72. The molecule has 0 saturated carbocycles. The molecule has 0 aliphatic heterocycles. The van der Waals surface area contributed by atoms with Crippen LogP contribution in [0, 0.1) is 17.2 Å². The largest absolute Gasteiger partial charge is 0.465 e. The van der Waals surface area contributed by atoms with Gasteiger partial charge in [0.1, 0.15) is 12.5 Å². The second kappa shape index (κ2) is 6.83. The molecule has 0 rings (SSSR count). The summed E-state index contributed by atoms with van der Waals surface area (Å²) in [5.74, 6) is -1.53. The van der Waals surface area contributed by atoms with Crippen molar-refractivity contribution in [1.82, 2.24) is 4.90 Å². The molecular formula is C11H18N2O3. The highest BCUT2D eigenvalue weighted by molar-refractivity contribution is 5.85. The number of nitrogens with zero attached hydrogens (tertiary/aromatic N) is 2. The van der Waals surface area contributed by atoms with E-state index < -0.39 is 11.9 Å². The Hall–Kier alpha value is -1.57. The average Bonchev–Trinajstić information content (AvgIpc) is 2.23. The van der Waals surface area contributed by atoms with Gasteiger partial charge in [0.25, 0.3) is 0 Å². The fraction of sp³-hybridized carbons (Fsp3) is 0.727. The first-order valence-electron chi connectivity index (χ1n) is 5.29. The summed E-state index contributed by atoms with van der Waals surface area (Å²) in [4.78, 5) is 24.4. The third-order valence-corrected chi connectivity index (χ3v) is 2.08. The molecule has 0 fully saturated rings. The maximum absolute atomic E-state index is 11.8. The molecule has 5 nitrogen and oxygen atoms in total. The minimum absolute atomic E-state index is 0.101. The molecule has 1 unspecified atom stereocenters. The summed E-state index contributed by atoms with van der Waals surface area (Å²) in [6, 6.07) is 1.73. The van der Waals surface area contributed by atoms with Crippen molar-refractivity contribution < 1.29 is 14.3 Å². The highest BCUT2D eigenvalue weighted by Crippen LogP contribution is 2.06. The van der Waals surface area contributed by atoms with Crippen molar-refractivity contribution in [1.29, 1.82) is 5.26 Å². The number of hydrogen-bond donors (Lipinski definition) is 0. The maximum atomic E-state index is 11.8. The van der Waals surface area contributed by atoms with Crippen LogP contribution in [0.3, 0.4) is 0 Å². The van der Waals surface area contributed by atoms with E-state index in [0.717, 1.165) is 0 Å². The summed E-state index contributed by atoms with van der Waals surface area (Å²) < 4.78 is 4.77. The van der Waals surface area contributed by atoms with Crippen LogP contribution in [0.4, 0.5) is 0 Å². The molecule has 0 N–H and O–H groups in total. The molecule has 1 atom stereocenters. The Morgan fingerprint density at radius 2 is 1.94 bits per heavy atom. The lowest BCUT2D eigenvalue weighted by atomic mass is 10.1. The Balaban J connectivity index is 4.57. The van der Waals surface area contributed by atoms with Gasteiger partial charge in [-0.15, -0.1) is 0 Å². The fourth-order valence-corrected chi connectivity index (χ4v) is 1.16. The van der Waals surface area contributed by atoms with E-state index >= 15 is 0 Å². The zero-order valence-electron chi connectivity index (χ0n) is 10.2. The zero-order valence-corrected chi connectivity index (χ0v) is 10.2. The SMILES string of the molecule is CCOC(=O)CN(C(=O)C(C)C#N)C(C)C. The molecule has 0 bridgehead atoms. The summed E-state index contributed by atoms with van der Waals surface area (Å²) in [5.41, 5.74) is 0. The Bertz CT molecular complexity index is 294. The molecule has 0 spiro atoms. The molecule has 0 aliphatic rings. The van der Waals surface area contributed by atoms with E-state index in [1.165, 1.54) is 11.8 Å². The first-order chi connectivity index (χ1) is 7.43. The van der Waals surface area contributed by atoms with Crippen LogP contribution < -0.4 is 0 Å². The number of rotatable bonds is 5. The lowest BCUT2D eigenvalue weighted by Crippen LogP contribution is -2.43. The van der Waals surface area contributed by atoms with Crippen LogP contribution in [0.1, 0.15) is 27.7 Å². The molecule has 0 aliphatic carbocycles. The van der Waals surface area contributed by atoms with Gasteiger partial charge in [-0.1, -0.05) is 0 Å². The monoisotopic (exact) mass is 226 g/mol. The summed E-state index contributed by atoms with van der Waals surface area (Å²) >= 11 is 0. The Kier molecular flexibility index (Phi) is 6.16. The van der Waals surface area contributed by atoms with Crippen LogP contribution in [0.15, 0.2) is 0 Å². The van der Waals surface area contributed by atoms with Crippen molar-refractivity contribution in [3.8, 4) is 6.07 Å². The number of amides is 1. The highest BCUT2D eigenvalue weighted by Gasteiger charge is 2.24. The molecular weight excluding hydrogens is 208 g/mol. The van der Waals surface area contributed by atoms with Gasteiger partial charge in [-0.05, 0) is 27.7 Å². The smallest absolute Gasteiger partial charge is 0.325 e. The summed E-state index contributed by atoms with van der Waals surface area (Å²) in [6.07, 6.45) is 0. The Morgan fingerprint density at radius 3 is 2.31 bits per heavy atom. The number of nitriles is 1. The lowest BCUT2D eigenvalue weighted by molar-refractivity contribution is -0.150. The topological polar surface area (TPSA) is 70.4 Å². The van der Waals surface area contributed by atoms with Crippen molar-refractivity contribution >= 4 is 11.9 Å². The number of esters is 1. The van der Waals surface area contributed by atoms with Crippen molar-refractivity contribution in [2.24, 2.45) is 5.92 Å². The van der Waals surface area contributed by atoms with Gasteiger partial charge in [0.15, 0.2) is 0 Å². The van der Waals surface area contributed by atoms with Gasteiger partial charge in [-0.25, -0.2) is 0 Å². The molecule has 0 aromatic heterocycles. The van der Waals surface area contributed by atoms with Crippen LogP contribution >= 0.6 is 0 Å². The molecule has 0 aromatic rings. The van der Waals surface area contributed by atoms with Gasteiger partial charge >= 0.3 is 5.97 Å². The predicted octanol–water partition coefficient (Wildman–Crippen LogP) is 0.946. The minimum Gasteiger partial charge on any atom is -0.465 e. The molecule has 1 amide bonds. The molecule has 0 radical (unpaired) electrons. The first-order valence-corrected chi connectivity index (χ1v) is 5.29. The van der Waals surface area contributed by atoms with Gasteiger partial charge in [0.05, 0.1) is 12.7 Å². The number of carbonyl (C=O) groups is 2. The lowest BCUT2D eigenvalue weighted by Gasteiger charge is -2.26. The highest BCUT2D eigenvalue weighted by atomic mass is 16.5. The van der Waals surface area contributed by atoms with E-state index in [4.69, 9.17) is 10.00 Å². The van der Waals surface area contributed by atoms with E-state index in [1.54, 1.807) is 20.8 Å². The molecule has 16 heavy (non-hydrogen) atoms. The fourth-order valence-electron chi connectivity index (χ4n) is 1.16. The van der Waals surface area contributed by atoms with Gasteiger partial charge in [0.2, 0.25) is 5.91 Å². The predicted molar refractivity (Wildman–Crippen MR) is 58.3 cm³/mol. The van der Waals surface area contributed by atoms with Crippen LogP contribution in [-0.2, 0) is 14.3 Å². The quantitative estimate of drug-likeness (QED) is 0.654. The Labute approximate surface area is 96.0 Å². The third kappa shape index (κ3) is 4.30. The van der Waals surface area contributed by atoms with E-state index in [9.17, 15) is 9.59 Å². The summed E-state index contributed by atoms with van der Waals surface area (Å²) in [6.45, 7) is 6.99. The van der Waals surface area contributed by atoms with Gasteiger partial charge in [-0.3, -0.25) is 9.59 Å². The number of ether oxygens (including phenoxy) is 1. The number of hydrogen-bond acceptors (Lipinski definition) is 4.